The second kappa shape index (κ2) is 10.2. The molecule has 1 heterocycles. The molecule has 6 nitrogen and oxygen atoms in total. The fraction of sp³-hybridized carbons (Fsp3) is 0.150. The zero-order valence-corrected chi connectivity index (χ0v) is 17.3. The molecule has 0 saturated heterocycles. The average Bonchev–Trinajstić information content (AvgIpc) is 3.01. The number of carbonyl (C=O) groups excluding carboxylic acids is 1. The van der Waals surface area contributed by atoms with E-state index in [1.165, 1.54) is 30.5 Å². The number of nitrogens with zero attached hydrogens (tertiary/aromatic N) is 3. The van der Waals surface area contributed by atoms with Crippen molar-refractivity contribution < 1.29 is 18.4 Å². The summed E-state index contributed by atoms with van der Waals surface area (Å²) in [7, 11) is 0. The van der Waals surface area contributed by atoms with Crippen molar-refractivity contribution in [2.24, 2.45) is 5.16 Å². The number of oxime groups is 1. The highest BCUT2D eigenvalue weighted by atomic mass is 35.5. The molecule has 1 N–H and O–H groups in total. The Bertz CT molecular complexity index is 1030. The fourth-order valence-corrected chi connectivity index (χ4v) is 3.32. The van der Waals surface area contributed by atoms with Gasteiger partial charge >= 0.3 is 0 Å². The predicted octanol–water partition coefficient (Wildman–Crippen LogP) is 5.14. The molecule has 0 aliphatic rings. The van der Waals surface area contributed by atoms with Gasteiger partial charge in [-0.3, -0.25) is 4.79 Å². The minimum absolute atomic E-state index is 0.326. The van der Waals surface area contributed by atoms with Gasteiger partial charge < -0.3 is 10.2 Å². The van der Waals surface area contributed by atoms with Gasteiger partial charge in [-0.2, -0.15) is 13.9 Å². The van der Waals surface area contributed by atoms with E-state index in [0.717, 1.165) is 5.69 Å². The van der Waals surface area contributed by atoms with E-state index in [-0.39, 0.29) is 6.61 Å². The van der Waals surface area contributed by atoms with E-state index in [1.54, 1.807) is 11.6 Å². The van der Waals surface area contributed by atoms with Crippen LogP contribution < -0.4 is 5.32 Å². The fourth-order valence-electron chi connectivity index (χ4n) is 2.50. The summed E-state index contributed by atoms with van der Waals surface area (Å²) in [5.74, 6) is -2.93. The molecule has 3 rings (SSSR count). The zero-order valence-electron chi connectivity index (χ0n) is 15.8. The molecular weight excluding hydrogens is 434 g/mol. The normalized spacial score (nSPS) is 11.2. The SMILES string of the molecule is Cc1nn(-c2ccccc2)c(Cl)c1C=NOCC(=O)Nc1ccc(SC(F)F)cc1. The number of para-hydroxylation sites is 1. The van der Waals surface area contributed by atoms with Crippen LogP contribution in [0.3, 0.4) is 0 Å². The van der Waals surface area contributed by atoms with Crippen molar-refractivity contribution in [3.05, 3.63) is 71.0 Å². The van der Waals surface area contributed by atoms with Gasteiger partial charge in [-0.1, -0.05) is 46.7 Å². The summed E-state index contributed by atoms with van der Waals surface area (Å²) < 4.78 is 26.2. The van der Waals surface area contributed by atoms with E-state index in [1.807, 2.05) is 30.3 Å². The van der Waals surface area contributed by atoms with Gasteiger partial charge in [0.2, 0.25) is 0 Å². The maximum absolute atomic E-state index is 12.3. The number of benzene rings is 2. The third-order valence-electron chi connectivity index (χ3n) is 3.86. The largest absolute Gasteiger partial charge is 0.386 e. The number of nitrogens with one attached hydrogen (secondary N) is 1. The quantitative estimate of drug-likeness (QED) is 0.293. The number of thioether (sulfide) groups is 1. The van der Waals surface area contributed by atoms with Gasteiger partial charge in [-0.15, -0.1) is 0 Å². The number of hydrogen-bond donors (Lipinski definition) is 1. The molecule has 0 bridgehead atoms. The number of amides is 1. The minimum atomic E-state index is -2.49. The highest BCUT2D eigenvalue weighted by Gasteiger charge is 2.13. The maximum Gasteiger partial charge on any atom is 0.288 e. The molecule has 0 fully saturated rings. The topological polar surface area (TPSA) is 68.5 Å². The molecular formula is C20H17ClF2N4O2S. The number of aryl methyl sites for hydroxylation is 1. The number of rotatable bonds is 8. The molecule has 0 saturated carbocycles. The van der Waals surface area contributed by atoms with Gasteiger partial charge in [0.05, 0.1) is 23.2 Å². The molecule has 0 aliphatic carbocycles. The minimum Gasteiger partial charge on any atom is -0.386 e. The summed E-state index contributed by atoms with van der Waals surface area (Å²) in [5, 5.41) is 11.1. The summed E-state index contributed by atoms with van der Waals surface area (Å²) in [4.78, 5) is 17.4. The standard InChI is InChI=1S/C20H17ClF2N4O2S/c1-13-17(19(21)27(26-13)15-5-3-2-4-6-15)11-24-29-12-18(28)25-14-7-9-16(10-8-14)30-20(22)23/h2-11,20H,12H2,1H3,(H,25,28). The first-order valence-corrected chi connectivity index (χ1v) is 10.0. The second-order valence-electron chi connectivity index (χ2n) is 6.00. The van der Waals surface area contributed by atoms with E-state index in [4.69, 9.17) is 16.4 Å². The molecule has 3 aromatic rings. The summed E-state index contributed by atoms with van der Waals surface area (Å²) in [5.41, 5.74) is 2.51. The van der Waals surface area contributed by atoms with Crippen LogP contribution in [0.2, 0.25) is 5.15 Å². The molecule has 2 aromatic carbocycles. The van der Waals surface area contributed by atoms with E-state index in [9.17, 15) is 13.6 Å². The van der Waals surface area contributed by atoms with Crippen LogP contribution in [0, 0.1) is 6.92 Å². The van der Waals surface area contributed by atoms with Crippen LogP contribution in [0.15, 0.2) is 64.6 Å². The molecule has 0 atom stereocenters. The van der Waals surface area contributed by atoms with Crippen molar-refractivity contribution >= 4 is 41.2 Å². The first kappa shape index (κ1) is 21.8. The van der Waals surface area contributed by atoms with E-state index in [2.05, 4.69) is 15.6 Å². The zero-order chi connectivity index (χ0) is 21.5. The lowest BCUT2D eigenvalue weighted by atomic mass is 10.3. The number of aromatic nitrogens is 2. The summed E-state index contributed by atoms with van der Waals surface area (Å²) in [6.45, 7) is 1.46. The number of carbonyl (C=O) groups is 1. The number of halogens is 3. The van der Waals surface area contributed by atoms with Crippen molar-refractivity contribution in [2.45, 2.75) is 17.6 Å². The molecule has 0 spiro atoms. The number of hydrogen-bond acceptors (Lipinski definition) is 5. The maximum atomic E-state index is 12.3. The van der Waals surface area contributed by atoms with Crippen LogP contribution in [0.5, 0.6) is 0 Å². The van der Waals surface area contributed by atoms with Gasteiger partial charge in [-0.05, 0) is 43.3 Å². The monoisotopic (exact) mass is 450 g/mol. The smallest absolute Gasteiger partial charge is 0.288 e. The molecule has 0 radical (unpaired) electrons. The van der Waals surface area contributed by atoms with Crippen molar-refractivity contribution in [3.63, 3.8) is 0 Å². The summed E-state index contributed by atoms with van der Waals surface area (Å²) >= 11 is 6.82. The first-order valence-electron chi connectivity index (χ1n) is 8.74. The molecule has 1 aromatic heterocycles. The third-order valence-corrected chi connectivity index (χ3v) is 4.95. The second-order valence-corrected chi connectivity index (χ2v) is 7.42. The van der Waals surface area contributed by atoms with Crippen molar-refractivity contribution in [2.75, 3.05) is 11.9 Å². The predicted molar refractivity (Wildman–Crippen MR) is 114 cm³/mol. The first-order chi connectivity index (χ1) is 14.4. The number of alkyl halides is 2. The van der Waals surface area contributed by atoms with Gasteiger partial charge in [0.15, 0.2) is 6.61 Å². The van der Waals surface area contributed by atoms with Crippen LogP contribution in [0.1, 0.15) is 11.3 Å². The Balaban J connectivity index is 1.54. The van der Waals surface area contributed by atoms with Gasteiger partial charge in [-0.25, -0.2) is 4.68 Å². The van der Waals surface area contributed by atoms with Gasteiger partial charge in [0.25, 0.3) is 11.7 Å². The molecule has 0 unspecified atom stereocenters. The highest BCUT2D eigenvalue weighted by molar-refractivity contribution is 7.99. The van der Waals surface area contributed by atoms with E-state index in [0.29, 0.717) is 38.8 Å². The summed E-state index contributed by atoms with van der Waals surface area (Å²) in [6, 6.07) is 15.5. The van der Waals surface area contributed by atoms with Crippen LogP contribution in [0.4, 0.5) is 14.5 Å². The van der Waals surface area contributed by atoms with E-state index >= 15 is 0 Å². The lowest BCUT2D eigenvalue weighted by Crippen LogP contribution is -2.16. The summed E-state index contributed by atoms with van der Waals surface area (Å²) in [6.07, 6.45) is 1.40. The highest BCUT2D eigenvalue weighted by Crippen LogP contribution is 2.26. The Morgan fingerprint density at radius 3 is 2.63 bits per heavy atom. The molecule has 30 heavy (non-hydrogen) atoms. The average molecular weight is 451 g/mol. The molecule has 10 heteroatoms. The Morgan fingerprint density at radius 2 is 1.97 bits per heavy atom. The van der Waals surface area contributed by atoms with Crippen molar-refractivity contribution in [1.29, 1.82) is 0 Å². The van der Waals surface area contributed by atoms with Crippen LogP contribution in [-0.4, -0.2) is 34.3 Å². The lowest BCUT2D eigenvalue weighted by Gasteiger charge is -2.05. The van der Waals surface area contributed by atoms with Crippen LogP contribution in [0.25, 0.3) is 5.69 Å². The van der Waals surface area contributed by atoms with Gasteiger partial charge in [0, 0.05) is 10.6 Å². The van der Waals surface area contributed by atoms with Crippen molar-refractivity contribution in [1.82, 2.24) is 9.78 Å². The van der Waals surface area contributed by atoms with Gasteiger partial charge in [0.1, 0.15) is 5.15 Å². The Morgan fingerprint density at radius 1 is 1.27 bits per heavy atom. The Hall–Kier alpha value is -2.91. The van der Waals surface area contributed by atoms with Crippen LogP contribution in [-0.2, 0) is 9.63 Å². The van der Waals surface area contributed by atoms with E-state index < -0.39 is 11.7 Å². The Labute approximate surface area is 180 Å². The lowest BCUT2D eigenvalue weighted by molar-refractivity contribution is -0.120. The molecule has 1 amide bonds. The molecule has 0 aliphatic heterocycles. The Kier molecular flexibility index (Phi) is 7.42. The van der Waals surface area contributed by atoms with Crippen molar-refractivity contribution in [3.8, 4) is 5.69 Å². The van der Waals surface area contributed by atoms with Crippen LogP contribution >= 0.6 is 23.4 Å². The molecule has 156 valence electrons. The third kappa shape index (κ3) is 5.80. The number of anilines is 1.